The Labute approximate surface area is 178 Å². The number of urea groups is 1. The van der Waals surface area contributed by atoms with Crippen LogP contribution in [0.4, 0.5) is 4.79 Å². The number of likely N-dealkylation sites (N-methyl/N-ethyl adjacent to an activating group) is 1. The van der Waals surface area contributed by atoms with Gasteiger partial charge in [0.25, 0.3) is 5.91 Å². The predicted molar refractivity (Wildman–Crippen MR) is 114 cm³/mol. The first kappa shape index (κ1) is 21.9. The van der Waals surface area contributed by atoms with Crippen LogP contribution in [-0.4, -0.2) is 54.1 Å². The highest BCUT2D eigenvalue weighted by Crippen LogP contribution is 2.43. The lowest BCUT2D eigenvalue weighted by molar-refractivity contribution is -0.134. The number of carbonyl (C=O) groups excluding carboxylic acids is 2. The number of halogens is 1. The summed E-state index contributed by atoms with van der Waals surface area (Å²) >= 11 is 5.96. The molecule has 0 atom stereocenters. The normalized spacial score (nSPS) is 25.0. The summed E-state index contributed by atoms with van der Waals surface area (Å²) in [6, 6.07) is 6.95. The average molecular weight is 422 g/mol. The highest BCUT2D eigenvalue weighted by Gasteiger charge is 2.53. The largest absolute Gasteiger partial charge is 0.492 e. The molecule has 0 unspecified atom stereocenters. The van der Waals surface area contributed by atoms with Gasteiger partial charge >= 0.3 is 6.03 Å². The standard InChI is InChI=1S/C22H32ClN3O3/c1-21(2,3)16-8-10-22(11-9-16)19(27)26(20(28)24-22)15-25(4)12-13-29-18-7-5-6-17(23)14-18/h5-7,14,16H,8-13,15H2,1-4H3,(H,24,28). The molecule has 0 aromatic heterocycles. The van der Waals surface area contributed by atoms with Crippen LogP contribution in [-0.2, 0) is 4.79 Å². The molecule has 0 bridgehead atoms. The number of benzene rings is 1. The molecule has 2 aliphatic rings. The summed E-state index contributed by atoms with van der Waals surface area (Å²) in [5.41, 5.74) is -0.479. The van der Waals surface area contributed by atoms with Crippen molar-refractivity contribution in [2.75, 3.05) is 26.9 Å². The number of hydrogen-bond donors (Lipinski definition) is 1. The summed E-state index contributed by atoms with van der Waals surface area (Å²) in [5.74, 6) is 1.20. The van der Waals surface area contributed by atoms with E-state index in [2.05, 4.69) is 26.1 Å². The van der Waals surface area contributed by atoms with E-state index in [4.69, 9.17) is 16.3 Å². The molecule has 1 spiro atoms. The zero-order valence-corrected chi connectivity index (χ0v) is 18.6. The molecule has 2 fully saturated rings. The summed E-state index contributed by atoms with van der Waals surface area (Å²) in [4.78, 5) is 28.9. The van der Waals surface area contributed by atoms with Gasteiger partial charge < -0.3 is 10.1 Å². The molecule has 1 aromatic carbocycles. The van der Waals surface area contributed by atoms with E-state index in [9.17, 15) is 9.59 Å². The van der Waals surface area contributed by atoms with E-state index in [1.807, 2.05) is 24.1 Å². The van der Waals surface area contributed by atoms with Gasteiger partial charge in [0.05, 0.1) is 6.67 Å². The average Bonchev–Trinajstić information content (AvgIpc) is 2.85. The monoisotopic (exact) mass is 421 g/mol. The summed E-state index contributed by atoms with van der Waals surface area (Å²) in [7, 11) is 1.88. The van der Waals surface area contributed by atoms with Gasteiger partial charge in [0.15, 0.2) is 0 Å². The number of rotatable bonds is 6. The van der Waals surface area contributed by atoms with Crippen LogP contribution in [0.25, 0.3) is 0 Å². The summed E-state index contributed by atoms with van der Waals surface area (Å²) < 4.78 is 5.70. The van der Waals surface area contributed by atoms with Gasteiger partial charge in [0.1, 0.15) is 17.9 Å². The fraction of sp³-hybridized carbons (Fsp3) is 0.636. The van der Waals surface area contributed by atoms with Crippen molar-refractivity contribution in [1.29, 1.82) is 0 Å². The van der Waals surface area contributed by atoms with Crippen molar-refractivity contribution < 1.29 is 14.3 Å². The first-order valence-electron chi connectivity index (χ1n) is 10.3. The number of imide groups is 1. The molecule has 160 valence electrons. The minimum Gasteiger partial charge on any atom is -0.492 e. The van der Waals surface area contributed by atoms with Crippen LogP contribution in [0.15, 0.2) is 24.3 Å². The van der Waals surface area contributed by atoms with Crippen molar-refractivity contribution in [3.05, 3.63) is 29.3 Å². The Kier molecular flexibility index (Phi) is 6.44. The molecular formula is C22H32ClN3O3. The highest BCUT2D eigenvalue weighted by atomic mass is 35.5. The van der Waals surface area contributed by atoms with E-state index in [0.29, 0.717) is 29.8 Å². The Hall–Kier alpha value is -1.79. The molecule has 3 amide bonds. The Bertz CT molecular complexity index is 754. The van der Waals surface area contributed by atoms with E-state index in [-0.39, 0.29) is 24.0 Å². The smallest absolute Gasteiger partial charge is 0.326 e. The van der Waals surface area contributed by atoms with Gasteiger partial charge in [-0.1, -0.05) is 38.4 Å². The van der Waals surface area contributed by atoms with Gasteiger partial charge in [-0.3, -0.25) is 9.69 Å². The van der Waals surface area contributed by atoms with E-state index in [0.717, 1.165) is 25.7 Å². The van der Waals surface area contributed by atoms with E-state index < -0.39 is 5.54 Å². The highest BCUT2D eigenvalue weighted by molar-refractivity contribution is 6.30. The van der Waals surface area contributed by atoms with Crippen LogP contribution in [0.1, 0.15) is 46.5 Å². The van der Waals surface area contributed by atoms with Crippen molar-refractivity contribution in [2.24, 2.45) is 11.3 Å². The van der Waals surface area contributed by atoms with Gasteiger partial charge in [-0.25, -0.2) is 9.69 Å². The molecule has 3 rings (SSSR count). The van der Waals surface area contributed by atoms with Crippen molar-refractivity contribution >= 4 is 23.5 Å². The first-order chi connectivity index (χ1) is 13.6. The quantitative estimate of drug-likeness (QED) is 0.701. The predicted octanol–water partition coefficient (Wildman–Crippen LogP) is 4.14. The fourth-order valence-electron chi connectivity index (χ4n) is 4.31. The Morgan fingerprint density at radius 2 is 1.97 bits per heavy atom. The molecular weight excluding hydrogens is 390 g/mol. The van der Waals surface area contributed by atoms with E-state index in [1.165, 1.54) is 4.90 Å². The molecule has 7 heteroatoms. The van der Waals surface area contributed by atoms with E-state index in [1.54, 1.807) is 12.1 Å². The fourth-order valence-corrected chi connectivity index (χ4v) is 4.49. The van der Waals surface area contributed by atoms with Crippen molar-refractivity contribution in [2.45, 2.75) is 52.0 Å². The Morgan fingerprint density at radius 3 is 2.59 bits per heavy atom. The number of nitrogens with one attached hydrogen (secondary N) is 1. The third-order valence-electron chi connectivity index (χ3n) is 6.23. The Balaban J connectivity index is 1.51. The molecule has 1 aromatic rings. The number of nitrogens with zero attached hydrogens (tertiary/aromatic N) is 2. The molecule has 1 N–H and O–H groups in total. The zero-order valence-electron chi connectivity index (χ0n) is 17.8. The van der Waals surface area contributed by atoms with Crippen molar-refractivity contribution in [3.63, 3.8) is 0 Å². The number of carbonyl (C=O) groups is 2. The number of amides is 3. The van der Waals surface area contributed by atoms with Crippen molar-refractivity contribution in [3.8, 4) is 5.75 Å². The zero-order chi connectivity index (χ0) is 21.2. The van der Waals surface area contributed by atoms with Crippen LogP contribution in [0.3, 0.4) is 0 Å². The molecule has 1 aliphatic carbocycles. The maximum Gasteiger partial charge on any atom is 0.326 e. The minimum atomic E-state index is -0.711. The molecule has 0 radical (unpaired) electrons. The second kappa shape index (κ2) is 8.52. The van der Waals surface area contributed by atoms with Gasteiger partial charge in [-0.15, -0.1) is 0 Å². The van der Waals surface area contributed by atoms with E-state index >= 15 is 0 Å². The lowest BCUT2D eigenvalue weighted by atomic mass is 9.67. The Morgan fingerprint density at radius 1 is 1.28 bits per heavy atom. The molecule has 1 saturated heterocycles. The van der Waals surface area contributed by atoms with Gasteiger partial charge in [-0.05, 0) is 62.3 Å². The van der Waals surface area contributed by atoms with Crippen molar-refractivity contribution in [1.82, 2.24) is 15.1 Å². The third-order valence-corrected chi connectivity index (χ3v) is 6.47. The summed E-state index contributed by atoms with van der Waals surface area (Å²) in [6.07, 6.45) is 3.37. The molecule has 1 aliphatic heterocycles. The summed E-state index contributed by atoms with van der Waals surface area (Å²) in [6.45, 7) is 8.03. The minimum absolute atomic E-state index is 0.0857. The van der Waals surface area contributed by atoms with Crippen LogP contribution >= 0.6 is 11.6 Å². The van der Waals surface area contributed by atoms with Gasteiger partial charge in [0, 0.05) is 11.6 Å². The molecule has 1 saturated carbocycles. The second-order valence-corrected chi connectivity index (χ2v) is 9.85. The molecule has 6 nitrogen and oxygen atoms in total. The van der Waals surface area contributed by atoms with Crippen LogP contribution in [0.5, 0.6) is 5.75 Å². The number of ether oxygens (including phenoxy) is 1. The lowest BCUT2D eigenvalue weighted by Gasteiger charge is -2.40. The lowest BCUT2D eigenvalue weighted by Crippen LogP contribution is -2.51. The summed E-state index contributed by atoms with van der Waals surface area (Å²) in [5, 5.41) is 3.63. The topological polar surface area (TPSA) is 61.9 Å². The molecule has 1 heterocycles. The van der Waals surface area contributed by atoms with Crippen LogP contribution in [0, 0.1) is 11.3 Å². The van der Waals surface area contributed by atoms with Crippen LogP contribution in [0.2, 0.25) is 5.02 Å². The molecule has 29 heavy (non-hydrogen) atoms. The number of hydrogen-bond acceptors (Lipinski definition) is 4. The second-order valence-electron chi connectivity index (χ2n) is 9.41. The third kappa shape index (κ3) is 5.04. The van der Waals surface area contributed by atoms with Crippen LogP contribution < -0.4 is 10.1 Å². The first-order valence-corrected chi connectivity index (χ1v) is 10.7. The maximum absolute atomic E-state index is 13.1. The maximum atomic E-state index is 13.1. The SMILES string of the molecule is CN(CCOc1cccc(Cl)c1)CN1C(=O)NC2(CCC(C(C)(C)C)CC2)C1=O. The van der Waals surface area contributed by atoms with Gasteiger partial charge in [0.2, 0.25) is 0 Å². The van der Waals surface area contributed by atoms with Gasteiger partial charge in [-0.2, -0.15) is 0 Å².